The lowest BCUT2D eigenvalue weighted by Gasteiger charge is -2.20. The molecule has 5 nitrogen and oxygen atoms in total. The summed E-state index contributed by atoms with van der Waals surface area (Å²) in [5.74, 6) is -0.0887. The van der Waals surface area contributed by atoms with E-state index >= 15 is 0 Å². The number of benzene rings is 1. The first kappa shape index (κ1) is 16.0. The van der Waals surface area contributed by atoms with E-state index in [1.807, 2.05) is 38.2 Å². The zero-order valence-electron chi connectivity index (χ0n) is 12.3. The number of carbonyl (C=O) groups is 2. The molecule has 0 bridgehead atoms. The fourth-order valence-corrected chi connectivity index (χ4v) is 2.32. The van der Waals surface area contributed by atoms with Crippen LogP contribution in [-0.4, -0.2) is 37.5 Å². The molecule has 0 radical (unpaired) electrons. The van der Waals surface area contributed by atoms with E-state index in [4.69, 9.17) is 0 Å². The molecule has 0 heterocycles. The molecule has 1 saturated carbocycles. The molecule has 3 N–H and O–H groups in total. The molecule has 1 aromatic carbocycles. The average molecular weight is 355 g/mol. The fourth-order valence-electron chi connectivity index (χ4n) is 1.94. The number of quaternary nitrogens is 1. The van der Waals surface area contributed by atoms with Gasteiger partial charge in [0.15, 0.2) is 12.6 Å². The van der Waals surface area contributed by atoms with Crippen LogP contribution in [0.1, 0.15) is 19.8 Å². The molecule has 2 rings (SSSR count). The third-order valence-electron chi connectivity index (χ3n) is 3.64. The van der Waals surface area contributed by atoms with Crippen molar-refractivity contribution in [3.8, 4) is 0 Å². The van der Waals surface area contributed by atoms with Crippen LogP contribution in [0.3, 0.4) is 0 Å². The highest BCUT2D eigenvalue weighted by molar-refractivity contribution is 9.10. The molecule has 1 aromatic rings. The summed E-state index contributed by atoms with van der Waals surface area (Å²) < 4.78 is 0.843. The monoisotopic (exact) mass is 354 g/mol. The van der Waals surface area contributed by atoms with Gasteiger partial charge in [0.25, 0.3) is 11.8 Å². The van der Waals surface area contributed by atoms with Gasteiger partial charge in [-0.2, -0.15) is 0 Å². The summed E-state index contributed by atoms with van der Waals surface area (Å²) in [6, 6.07) is 7.57. The third-order valence-corrected chi connectivity index (χ3v) is 4.34. The molecule has 0 saturated heterocycles. The number of likely N-dealkylation sites (N-methyl/N-ethyl adjacent to an activating group) is 1. The van der Waals surface area contributed by atoms with Crippen LogP contribution < -0.4 is 15.5 Å². The molecule has 1 fully saturated rings. The quantitative estimate of drug-likeness (QED) is 0.699. The first-order valence-electron chi connectivity index (χ1n) is 7.14. The zero-order chi connectivity index (χ0) is 15.4. The standard InChI is InChI=1S/C15H20BrN3O2/c1-10(15(21)17-11-7-8-11)19(2)9-14(20)18-13-6-4-3-5-12(13)16/h3-6,10-11H,7-9H2,1-2H3,(H,17,21)(H,18,20)/p+1/t10-/m0/s1. The van der Waals surface area contributed by atoms with Crippen LogP contribution in [0, 0.1) is 0 Å². The highest BCUT2D eigenvalue weighted by Gasteiger charge is 2.29. The van der Waals surface area contributed by atoms with Gasteiger partial charge in [-0.05, 0) is 47.8 Å². The van der Waals surface area contributed by atoms with Crippen molar-refractivity contribution in [3.63, 3.8) is 0 Å². The van der Waals surface area contributed by atoms with Crippen molar-refractivity contribution < 1.29 is 14.5 Å². The van der Waals surface area contributed by atoms with Crippen molar-refractivity contribution in [2.45, 2.75) is 31.8 Å². The topological polar surface area (TPSA) is 62.6 Å². The maximum absolute atomic E-state index is 12.1. The molecule has 0 aliphatic heterocycles. The van der Waals surface area contributed by atoms with Gasteiger partial charge in [-0.25, -0.2) is 0 Å². The third kappa shape index (κ3) is 4.82. The zero-order valence-corrected chi connectivity index (χ0v) is 13.9. The van der Waals surface area contributed by atoms with Gasteiger partial charge in [0.2, 0.25) is 0 Å². The van der Waals surface area contributed by atoms with Gasteiger partial charge in [0.05, 0.1) is 12.7 Å². The number of amides is 2. The molecule has 1 aliphatic carbocycles. The molecule has 2 atom stereocenters. The lowest BCUT2D eigenvalue weighted by molar-refractivity contribution is -0.885. The second kappa shape index (κ2) is 7.04. The van der Waals surface area contributed by atoms with Gasteiger partial charge in [0.1, 0.15) is 0 Å². The van der Waals surface area contributed by atoms with E-state index in [9.17, 15) is 9.59 Å². The highest BCUT2D eigenvalue weighted by Crippen LogP contribution is 2.20. The Bertz CT molecular complexity index is 531. The van der Waals surface area contributed by atoms with E-state index in [1.165, 1.54) is 0 Å². The van der Waals surface area contributed by atoms with E-state index in [-0.39, 0.29) is 24.4 Å². The lowest BCUT2D eigenvalue weighted by Crippen LogP contribution is -3.15. The lowest BCUT2D eigenvalue weighted by atomic mass is 10.2. The normalized spacial score (nSPS) is 16.9. The molecule has 6 heteroatoms. The number of halogens is 1. The Morgan fingerprint density at radius 1 is 1.38 bits per heavy atom. The van der Waals surface area contributed by atoms with Crippen molar-refractivity contribution in [2.24, 2.45) is 0 Å². The van der Waals surface area contributed by atoms with E-state index in [0.29, 0.717) is 6.04 Å². The van der Waals surface area contributed by atoms with Crippen LogP contribution in [0.15, 0.2) is 28.7 Å². The van der Waals surface area contributed by atoms with Crippen molar-refractivity contribution in [2.75, 3.05) is 18.9 Å². The summed E-state index contributed by atoms with van der Waals surface area (Å²) in [7, 11) is 1.86. The van der Waals surface area contributed by atoms with E-state index in [2.05, 4.69) is 26.6 Å². The van der Waals surface area contributed by atoms with E-state index in [0.717, 1.165) is 27.9 Å². The summed E-state index contributed by atoms with van der Waals surface area (Å²) in [6.45, 7) is 2.10. The minimum atomic E-state index is -0.240. The molecule has 0 spiro atoms. The predicted octanol–water partition coefficient (Wildman–Crippen LogP) is 0.569. The largest absolute Gasteiger partial charge is 0.348 e. The number of para-hydroxylation sites is 1. The van der Waals surface area contributed by atoms with Gasteiger partial charge in [0, 0.05) is 10.5 Å². The summed E-state index contributed by atoms with van der Waals surface area (Å²) in [4.78, 5) is 24.9. The van der Waals surface area contributed by atoms with Crippen LogP contribution in [0.4, 0.5) is 5.69 Å². The SMILES string of the molecule is C[C@@H](C(=O)NC1CC1)[NH+](C)CC(=O)Nc1ccccc1Br. The summed E-state index contributed by atoms with van der Waals surface area (Å²) in [5.41, 5.74) is 0.741. The van der Waals surface area contributed by atoms with Gasteiger partial charge in [-0.15, -0.1) is 0 Å². The Hall–Kier alpha value is -1.40. The minimum absolute atomic E-state index is 0.0173. The van der Waals surface area contributed by atoms with Crippen LogP contribution in [-0.2, 0) is 9.59 Å². The summed E-state index contributed by atoms with van der Waals surface area (Å²) in [5, 5.41) is 5.82. The number of nitrogens with one attached hydrogen (secondary N) is 3. The minimum Gasteiger partial charge on any atom is -0.348 e. The van der Waals surface area contributed by atoms with Gasteiger partial charge >= 0.3 is 0 Å². The van der Waals surface area contributed by atoms with Crippen molar-refractivity contribution in [3.05, 3.63) is 28.7 Å². The molecule has 21 heavy (non-hydrogen) atoms. The van der Waals surface area contributed by atoms with Crippen LogP contribution in [0.2, 0.25) is 0 Å². The van der Waals surface area contributed by atoms with Gasteiger partial charge in [-0.3, -0.25) is 9.59 Å². The smallest absolute Gasteiger partial charge is 0.279 e. The highest BCUT2D eigenvalue weighted by atomic mass is 79.9. The molecule has 2 amide bonds. The van der Waals surface area contributed by atoms with Crippen molar-refractivity contribution >= 4 is 33.4 Å². The van der Waals surface area contributed by atoms with Gasteiger partial charge < -0.3 is 15.5 Å². The summed E-state index contributed by atoms with van der Waals surface area (Å²) >= 11 is 3.39. The van der Waals surface area contributed by atoms with Crippen LogP contribution >= 0.6 is 15.9 Å². The van der Waals surface area contributed by atoms with E-state index in [1.54, 1.807) is 0 Å². The first-order valence-corrected chi connectivity index (χ1v) is 7.93. The van der Waals surface area contributed by atoms with Gasteiger partial charge in [-0.1, -0.05) is 12.1 Å². The van der Waals surface area contributed by atoms with Crippen molar-refractivity contribution in [1.82, 2.24) is 5.32 Å². The second-order valence-corrected chi connectivity index (χ2v) is 6.41. The number of carbonyl (C=O) groups excluding carboxylic acids is 2. The maximum atomic E-state index is 12.1. The molecule has 1 aliphatic rings. The van der Waals surface area contributed by atoms with Crippen molar-refractivity contribution in [1.29, 1.82) is 0 Å². The number of rotatable bonds is 6. The number of anilines is 1. The Balaban J connectivity index is 1.83. The molecule has 1 unspecified atom stereocenters. The average Bonchev–Trinajstić information content (AvgIpc) is 3.24. The maximum Gasteiger partial charge on any atom is 0.279 e. The molecule has 0 aromatic heterocycles. The molecule has 114 valence electrons. The Labute approximate surface area is 133 Å². The molecular formula is C15H21BrN3O2+. The van der Waals surface area contributed by atoms with E-state index < -0.39 is 0 Å². The fraction of sp³-hybridized carbons (Fsp3) is 0.467. The Morgan fingerprint density at radius 2 is 2.05 bits per heavy atom. The Kier molecular flexibility index (Phi) is 5.36. The van der Waals surface area contributed by atoms with Crippen LogP contribution in [0.25, 0.3) is 0 Å². The Morgan fingerprint density at radius 3 is 2.67 bits per heavy atom. The summed E-state index contributed by atoms with van der Waals surface area (Å²) in [6.07, 6.45) is 2.14. The molecular weight excluding hydrogens is 334 g/mol. The second-order valence-electron chi connectivity index (χ2n) is 5.56. The van der Waals surface area contributed by atoms with Crippen LogP contribution in [0.5, 0.6) is 0 Å². The first-order chi connectivity index (χ1) is 9.97. The number of hydrogen-bond donors (Lipinski definition) is 3. The number of hydrogen-bond acceptors (Lipinski definition) is 2. The predicted molar refractivity (Wildman–Crippen MR) is 85.2 cm³/mol.